The van der Waals surface area contributed by atoms with Gasteiger partial charge in [0.25, 0.3) is 0 Å². The van der Waals surface area contributed by atoms with Gasteiger partial charge < -0.3 is 39.3 Å². The number of carbonyl (C=O) groups excluding carboxylic acids is 4. The van der Waals surface area contributed by atoms with Crippen molar-refractivity contribution in [3.8, 4) is 0 Å². The van der Waals surface area contributed by atoms with Crippen LogP contribution < -0.4 is 39.3 Å². The van der Waals surface area contributed by atoms with E-state index in [0.717, 1.165) is 22.3 Å². The van der Waals surface area contributed by atoms with Crippen LogP contribution in [0.2, 0.25) is 0 Å². The van der Waals surface area contributed by atoms with E-state index in [2.05, 4.69) is 15.6 Å². The lowest BCUT2D eigenvalue weighted by molar-refractivity contribution is -0.133. The number of hydrogen-bond donors (Lipinski definition) is 7. The molecule has 0 aromatic heterocycles. The topological polar surface area (TPSA) is 235 Å². The summed E-state index contributed by atoms with van der Waals surface area (Å²) >= 11 is 0. The molecule has 2 aromatic carbocycles. The van der Waals surface area contributed by atoms with E-state index in [9.17, 15) is 19.2 Å². The Balaban J connectivity index is 2.29. The Hall–Kier alpha value is -4.29. The Kier molecular flexibility index (Phi) is 15.7. The van der Waals surface area contributed by atoms with Gasteiger partial charge in [-0.2, -0.15) is 0 Å². The Morgan fingerprint density at radius 3 is 2.11 bits per heavy atom. The third-order valence-corrected chi connectivity index (χ3v) is 7.68. The molecule has 0 aliphatic rings. The van der Waals surface area contributed by atoms with Crippen LogP contribution in [-0.4, -0.2) is 60.7 Å². The smallest absolute Gasteiger partial charge is 0.239 e. The minimum absolute atomic E-state index is 0.0764. The van der Waals surface area contributed by atoms with E-state index in [0.29, 0.717) is 32.2 Å². The van der Waals surface area contributed by atoms with Crippen molar-refractivity contribution in [3.05, 3.63) is 70.8 Å². The van der Waals surface area contributed by atoms with Crippen molar-refractivity contribution in [1.29, 1.82) is 0 Å². The summed E-state index contributed by atoms with van der Waals surface area (Å²) in [5.41, 5.74) is 32.1. The third-order valence-electron chi connectivity index (χ3n) is 7.68. The van der Waals surface area contributed by atoms with E-state index in [1.165, 1.54) is 0 Å². The number of nitrogens with two attached hydrogens (primary N) is 5. The second-order valence-corrected chi connectivity index (χ2v) is 11.6. The average Bonchev–Trinajstić information content (AvgIpc) is 2.99. The lowest BCUT2D eigenvalue weighted by Gasteiger charge is -2.24. The molecule has 0 unspecified atom stereocenters. The number of hydrogen-bond acceptors (Lipinski definition) is 7. The number of nitrogens with zero attached hydrogens (tertiary/aromatic N) is 1. The highest BCUT2D eigenvalue weighted by atomic mass is 16.2. The molecular weight excluding hydrogens is 572 g/mol. The number of benzene rings is 2. The van der Waals surface area contributed by atoms with Gasteiger partial charge >= 0.3 is 0 Å². The zero-order valence-electron chi connectivity index (χ0n) is 26.5. The standard InChI is InChI=1S/C33H50N8O4/c1-21-13-14-24(22(2)17-21)19-25(31(44)41-28(30(36)43)11-6-7-15-34)20-29(42)27(12-8-16-39-33(37)38)40-32(45)26(35)18-23-9-4-3-5-10-23/h3-5,9-10,13-14,17,25-28H,6-8,11-12,15-16,18-20,34-35H2,1-2H3,(H2,36,43)(H,40,45)(H,41,44)(H4,37,38,39)/t25-,26+,27-,28+/m1/s1. The van der Waals surface area contributed by atoms with Gasteiger partial charge in [0.05, 0.1) is 12.1 Å². The first-order chi connectivity index (χ1) is 21.4. The van der Waals surface area contributed by atoms with Crippen LogP contribution in [0, 0.1) is 19.8 Å². The van der Waals surface area contributed by atoms with Gasteiger partial charge in [0.1, 0.15) is 6.04 Å². The largest absolute Gasteiger partial charge is 0.370 e. The molecule has 0 spiro atoms. The first-order valence-corrected chi connectivity index (χ1v) is 15.4. The summed E-state index contributed by atoms with van der Waals surface area (Å²) in [6, 6.07) is 12.5. The van der Waals surface area contributed by atoms with Crippen LogP contribution >= 0.6 is 0 Å². The van der Waals surface area contributed by atoms with Crippen LogP contribution in [0.3, 0.4) is 0 Å². The molecule has 246 valence electrons. The Morgan fingerprint density at radius 2 is 1.49 bits per heavy atom. The van der Waals surface area contributed by atoms with Crippen molar-refractivity contribution in [2.45, 2.75) is 83.3 Å². The number of primary amides is 1. The van der Waals surface area contributed by atoms with Gasteiger partial charge in [-0.05, 0) is 82.0 Å². The van der Waals surface area contributed by atoms with E-state index >= 15 is 0 Å². The molecule has 12 N–H and O–H groups in total. The predicted octanol–water partition coefficient (Wildman–Crippen LogP) is 0.629. The van der Waals surface area contributed by atoms with Crippen LogP contribution in [0.1, 0.15) is 60.8 Å². The first-order valence-electron chi connectivity index (χ1n) is 15.4. The molecule has 0 radical (unpaired) electrons. The summed E-state index contributed by atoms with van der Waals surface area (Å²) in [5, 5.41) is 5.57. The highest BCUT2D eigenvalue weighted by molar-refractivity contribution is 5.94. The maximum absolute atomic E-state index is 13.8. The van der Waals surface area contributed by atoms with E-state index < -0.39 is 41.8 Å². The summed E-state index contributed by atoms with van der Waals surface area (Å²) < 4.78 is 0. The van der Waals surface area contributed by atoms with Crippen molar-refractivity contribution in [3.63, 3.8) is 0 Å². The quantitative estimate of drug-likeness (QED) is 0.0627. The Bertz CT molecular complexity index is 1300. The van der Waals surface area contributed by atoms with Gasteiger partial charge in [-0.25, -0.2) is 0 Å². The van der Waals surface area contributed by atoms with Gasteiger partial charge in [0, 0.05) is 18.9 Å². The molecule has 0 aliphatic carbocycles. The molecule has 2 aromatic rings. The van der Waals surface area contributed by atoms with Crippen molar-refractivity contribution < 1.29 is 19.2 Å². The molecule has 4 atom stereocenters. The minimum Gasteiger partial charge on any atom is -0.370 e. The molecule has 12 heteroatoms. The Morgan fingerprint density at radius 1 is 0.822 bits per heavy atom. The number of amides is 3. The number of carbonyl (C=O) groups is 4. The molecule has 0 fully saturated rings. The van der Waals surface area contributed by atoms with Crippen molar-refractivity contribution in [2.24, 2.45) is 39.6 Å². The van der Waals surface area contributed by atoms with E-state index in [-0.39, 0.29) is 44.0 Å². The lowest BCUT2D eigenvalue weighted by atomic mass is 9.88. The summed E-state index contributed by atoms with van der Waals surface area (Å²) in [5.74, 6) is -2.86. The van der Waals surface area contributed by atoms with Crippen LogP contribution in [0.5, 0.6) is 0 Å². The summed E-state index contributed by atoms with van der Waals surface area (Å²) in [6.07, 6.45) is 2.62. The van der Waals surface area contributed by atoms with Crippen LogP contribution in [-0.2, 0) is 32.0 Å². The van der Waals surface area contributed by atoms with E-state index in [4.69, 9.17) is 28.7 Å². The summed E-state index contributed by atoms with van der Waals surface area (Å²) in [7, 11) is 0. The molecule has 3 amide bonds. The average molecular weight is 623 g/mol. The van der Waals surface area contributed by atoms with Gasteiger partial charge in [-0.15, -0.1) is 0 Å². The summed E-state index contributed by atoms with van der Waals surface area (Å²) in [4.78, 5) is 56.8. The maximum Gasteiger partial charge on any atom is 0.239 e. The third kappa shape index (κ3) is 13.5. The van der Waals surface area contributed by atoms with Gasteiger partial charge in [0.2, 0.25) is 17.7 Å². The SMILES string of the molecule is Cc1ccc(C[C@H](CC(=O)[C@@H](CCCN=C(N)N)NC(=O)[C@@H](N)Cc2ccccc2)C(=O)N[C@@H](CCCCN)C(N)=O)c(C)c1. The Labute approximate surface area is 265 Å². The second kappa shape index (κ2) is 19.2. The zero-order chi connectivity index (χ0) is 33.4. The molecule has 2 rings (SSSR count). The minimum atomic E-state index is -0.931. The number of nitrogens with one attached hydrogen (secondary N) is 2. The number of rotatable bonds is 20. The fourth-order valence-electron chi connectivity index (χ4n) is 5.11. The molecule has 0 saturated heterocycles. The zero-order valence-corrected chi connectivity index (χ0v) is 26.5. The number of unbranched alkanes of at least 4 members (excludes halogenated alkanes) is 1. The van der Waals surface area contributed by atoms with E-state index in [1.54, 1.807) is 0 Å². The fourth-order valence-corrected chi connectivity index (χ4v) is 5.11. The number of aryl methyl sites for hydroxylation is 2. The van der Waals surface area contributed by atoms with Gasteiger partial charge in [0.15, 0.2) is 11.7 Å². The number of aliphatic imine (C=N–C) groups is 1. The monoisotopic (exact) mass is 622 g/mol. The summed E-state index contributed by atoms with van der Waals surface area (Å²) in [6.45, 7) is 4.63. The molecule has 45 heavy (non-hydrogen) atoms. The molecule has 0 saturated carbocycles. The normalized spacial score (nSPS) is 13.6. The van der Waals surface area contributed by atoms with Crippen molar-refractivity contribution >= 4 is 29.5 Å². The molecule has 0 aliphatic heterocycles. The van der Waals surface area contributed by atoms with Gasteiger partial charge in [-0.1, -0.05) is 54.1 Å². The van der Waals surface area contributed by atoms with Crippen molar-refractivity contribution in [2.75, 3.05) is 13.1 Å². The molecule has 0 heterocycles. The maximum atomic E-state index is 13.8. The first kappa shape index (κ1) is 36.9. The van der Waals surface area contributed by atoms with Crippen LogP contribution in [0.4, 0.5) is 0 Å². The highest BCUT2D eigenvalue weighted by Crippen LogP contribution is 2.20. The van der Waals surface area contributed by atoms with E-state index in [1.807, 2.05) is 62.4 Å². The van der Waals surface area contributed by atoms with Gasteiger partial charge in [-0.3, -0.25) is 24.2 Å². The molecular formula is C33H50N8O4. The number of guanidine groups is 1. The molecule has 12 nitrogen and oxygen atoms in total. The predicted molar refractivity (Wildman–Crippen MR) is 177 cm³/mol. The fraction of sp³-hybridized carbons (Fsp3) is 0.485. The number of Topliss-reactive ketones (excluding diaryl/α,β-unsaturated/α-hetero) is 1. The highest BCUT2D eigenvalue weighted by Gasteiger charge is 2.31. The second-order valence-electron chi connectivity index (χ2n) is 11.6. The van der Waals surface area contributed by atoms with Crippen molar-refractivity contribution in [1.82, 2.24) is 10.6 Å². The lowest BCUT2D eigenvalue weighted by Crippen LogP contribution is -2.51. The van der Waals surface area contributed by atoms with Crippen LogP contribution in [0.15, 0.2) is 53.5 Å². The molecule has 0 bridgehead atoms. The number of ketones is 1. The van der Waals surface area contributed by atoms with Crippen LogP contribution in [0.25, 0.3) is 0 Å².